The van der Waals surface area contributed by atoms with Gasteiger partial charge in [-0.2, -0.15) is 0 Å². The number of H-pyrrole nitrogens is 1. The van der Waals surface area contributed by atoms with E-state index < -0.39 is 0 Å². The molecule has 2 heterocycles. The summed E-state index contributed by atoms with van der Waals surface area (Å²) in [6, 6.07) is 6.89. The zero-order chi connectivity index (χ0) is 24.0. The fourth-order valence-electron chi connectivity index (χ4n) is 4.47. The summed E-state index contributed by atoms with van der Waals surface area (Å²) in [7, 11) is 2.04. The number of aromatic amines is 1. The molecule has 0 aliphatic carbocycles. The van der Waals surface area contributed by atoms with Crippen molar-refractivity contribution in [1.82, 2.24) is 29.7 Å². The van der Waals surface area contributed by atoms with Crippen molar-refractivity contribution >= 4 is 0 Å². The Balaban J connectivity index is 1.51. The maximum absolute atomic E-state index is 4.43. The number of benzene rings is 1. The lowest BCUT2D eigenvalue weighted by atomic mass is 9.97. The van der Waals surface area contributed by atoms with Crippen LogP contribution in [-0.2, 0) is 33.0 Å². The Kier molecular flexibility index (Phi) is 11.3. The number of imidazole rings is 2. The lowest BCUT2D eigenvalue weighted by Crippen LogP contribution is -2.26. The Labute approximate surface area is 206 Å². The fourth-order valence-corrected chi connectivity index (χ4v) is 4.47. The van der Waals surface area contributed by atoms with Gasteiger partial charge in [-0.1, -0.05) is 38.5 Å². The van der Waals surface area contributed by atoms with E-state index in [1.165, 1.54) is 68.4 Å². The minimum atomic E-state index is 0.765. The van der Waals surface area contributed by atoms with Gasteiger partial charge in [0.2, 0.25) is 0 Å². The summed E-state index contributed by atoms with van der Waals surface area (Å²) in [5.74, 6) is 2.06. The third kappa shape index (κ3) is 8.73. The normalized spacial score (nSPS) is 11.5. The van der Waals surface area contributed by atoms with Crippen LogP contribution in [0.4, 0.5) is 0 Å². The first kappa shape index (κ1) is 26.2. The van der Waals surface area contributed by atoms with E-state index >= 15 is 0 Å². The monoisotopic (exact) mass is 463 g/mol. The van der Waals surface area contributed by atoms with Crippen LogP contribution in [-0.4, -0.2) is 44.1 Å². The number of aromatic nitrogens is 4. The van der Waals surface area contributed by atoms with Gasteiger partial charge in [-0.05, 0) is 74.8 Å². The Morgan fingerprint density at radius 2 is 1.85 bits per heavy atom. The van der Waals surface area contributed by atoms with Gasteiger partial charge in [-0.3, -0.25) is 0 Å². The molecule has 0 aliphatic heterocycles. The molecule has 0 atom stereocenters. The van der Waals surface area contributed by atoms with Gasteiger partial charge in [0.15, 0.2) is 0 Å². The zero-order valence-corrected chi connectivity index (χ0v) is 21.4. The summed E-state index contributed by atoms with van der Waals surface area (Å²) in [4.78, 5) is 14.7. The topological polar surface area (TPSA) is 61.8 Å². The second-order valence-corrected chi connectivity index (χ2v) is 9.20. The molecule has 185 valence electrons. The lowest BCUT2D eigenvalue weighted by Gasteiger charge is -2.20. The van der Waals surface area contributed by atoms with E-state index in [0.29, 0.717) is 0 Å². The van der Waals surface area contributed by atoms with Crippen molar-refractivity contribution in [3.8, 4) is 0 Å². The molecule has 0 spiro atoms. The number of nitrogens with one attached hydrogen (secondary N) is 2. The highest BCUT2D eigenvalue weighted by atomic mass is 15.1. The van der Waals surface area contributed by atoms with E-state index in [-0.39, 0.29) is 0 Å². The van der Waals surface area contributed by atoms with Crippen molar-refractivity contribution in [3.05, 3.63) is 77.7 Å². The molecule has 0 bridgehead atoms. The van der Waals surface area contributed by atoms with Gasteiger partial charge >= 0.3 is 0 Å². The van der Waals surface area contributed by atoms with Gasteiger partial charge in [0.25, 0.3) is 0 Å². The number of rotatable bonds is 17. The molecule has 2 aromatic heterocycles. The molecule has 1 aromatic carbocycles. The van der Waals surface area contributed by atoms with Crippen LogP contribution < -0.4 is 5.32 Å². The molecular formula is C28H43N6. The molecular weight excluding hydrogens is 420 g/mol. The Morgan fingerprint density at radius 3 is 2.56 bits per heavy atom. The minimum Gasteiger partial charge on any atom is -0.348 e. The number of hydrogen-bond donors (Lipinski definition) is 2. The van der Waals surface area contributed by atoms with Gasteiger partial charge in [-0.25, -0.2) is 9.97 Å². The lowest BCUT2D eigenvalue weighted by molar-refractivity contribution is 0.269. The Hall–Kier alpha value is -2.44. The van der Waals surface area contributed by atoms with Crippen LogP contribution in [0.25, 0.3) is 0 Å². The molecule has 0 unspecified atom stereocenters. The molecule has 0 saturated carbocycles. The van der Waals surface area contributed by atoms with Crippen LogP contribution >= 0.6 is 0 Å². The standard InChI is InChI=1S/C28H43N6/c1-4-16-34(17-5-2)18-9-7-6-8-10-25-12-11-24(21-27-30-13-14-31-27)20-26(25)22-29-23-28-32-15-19-33(28)3/h8,11-15,19-20,29H,4-7,9-10,16-18,21-23H2,1-3H3,(H,30,31). The molecule has 3 rings (SSSR count). The van der Waals surface area contributed by atoms with E-state index in [0.717, 1.165) is 37.6 Å². The van der Waals surface area contributed by atoms with E-state index in [9.17, 15) is 0 Å². The van der Waals surface area contributed by atoms with Crippen LogP contribution in [0.1, 0.15) is 74.3 Å². The minimum absolute atomic E-state index is 0.765. The number of hydrogen-bond acceptors (Lipinski definition) is 4. The summed E-state index contributed by atoms with van der Waals surface area (Å²) in [5.41, 5.74) is 4.07. The number of unbranched alkanes of at least 4 members (excludes halogenated alkanes) is 3. The number of nitrogens with zero attached hydrogens (tertiary/aromatic N) is 4. The first-order valence-electron chi connectivity index (χ1n) is 13.0. The van der Waals surface area contributed by atoms with Crippen molar-refractivity contribution in [2.75, 3.05) is 19.6 Å². The third-order valence-electron chi connectivity index (χ3n) is 6.29. The van der Waals surface area contributed by atoms with Crippen molar-refractivity contribution in [2.45, 2.75) is 71.9 Å². The van der Waals surface area contributed by atoms with Gasteiger partial charge < -0.3 is 19.8 Å². The largest absolute Gasteiger partial charge is 0.348 e. The van der Waals surface area contributed by atoms with Crippen molar-refractivity contribution in [1.29, 1.82) is 0 Å². The van der Waals surface area contributed by atoms with E-state index in [1.54, 1.807) is 0 Å². The average molecular weight is 464 g/mol. The SMILES string of the molecule is CCCN(CCC)CCCC[CH]Cc1ccc(Cc2ncc[nH]2)cc1CNCc1nccn1C. The number of aryl methyl sites for hydroxylation is 1. The zero-order valence-electron chi connectivity index (χ0n) is 21.4. The van der Waals surface area contributed by atoms with E-state index in [1.807, 2.05) is 31.8 Å². The first-order chi connectivity index (χ1) is 16.7. The maximum atomic E-state index is 4.43. The van der Waals surface area contributed by atoms with Crippen LogP contribution in [0.2, 0.25) is 0 Å². The van der Waals surface area contributed by atoms with Gasteiger partial charge in [0, 0.05) is 44.8 Å². The van der Waals surface area contributed by atoms with Gasteiger partial charge in [0.1, 0.15) is 11.6 Å². The Morgan fingerprint density at radius 1 is 1.00 bits per heavy atom. The second-order valence-electron chi connectivity index (χ2n) is 9.20. The van der Waals surface area contributed by atoms with Gasteiger partial charge in [0.05, 0.1) is 6.54 Å². The summed E-state index contributed by atoms with van der Waals surface area (Å²) in [6.07, 6.45) is 18.1. The summed E-state index contributed by atoms with van der Waals surface area (Å²) >= 11 is 0. The average Bonchev–Trinajstić information content (AvgIpc) is 3.49. The van der Waals surface area contributed by atoms with E-state index in [4.69, 9.17) is 0 Å². The predicted molar refractivity (Wildman–Crippen MR) is 140 cm³/mol. The van der Waals surface area contributed by atoms with Crippen molar-refractivity contribution < 1.29 is 0 Å². The fraction of sp³-hybridized carbons (Fsp3) is 0.536. The molecule has 0 aliphatic rings. The predicted octanol–water partition coefficient (Wildman–Crippen LogP) is 5.06. The highest BCUT2D eigenvalue weighted by Gasteiger charge is 2.08. The molecule has 34 heavy (non-hydrogen) atoms. The summed E-state index contributed by atoms with van der Waals surface area (Å²) < 4.78 is 2.07. The highest BCUT2D eigenvalue weighted by molar-refractivity contribution is 5.34. The van der Waals surface area contributed by atoms with Crippen LogP contribution in [0.3, 0.4) is 0 Å². The summed E-state index contributed by atoms with van der Waals surface area (Å²) in [6.45, 7) is 9.86. The molecule has 3 aromatic rings. The van der Waals surface area contributed by atoms with Crippen molar-refractivity contribution in [2.24, 2.45) is 7.05 Å². The smallest absolute Gasteiger partial charge is 0.122 e. The van der Waals surface area contributed by atoms with Gasteiger partial charge in [-0.15, -0.1) is 0 Å². The second kappa shape index (κ2) is 14.7. The van der Waals surface area contributed by atoms with Crippen molar-refractivity contribution in [3.63, 3.8) is 0 Å². The quantitative estimate of drug-likeness (QED) is 0.275. The molecule has 1 radical (unpaired) electrons. The van der Waals surface area contributed by atoms with Crippen LogP contribution in [0.5, 0.6) is 0 Å². The molecule has 6 heteroatoms. The molecule has 6 nitrogen and oxygen atoms in total. The first-order valence-corrected chi connectivity index (χ1v) is 13.0. The molecule has 0 amide bonds. The summed E-state index contributed by atoms with van der Waals surface area (Å²) in [5, 5.41) is 3.59. The third-order valence-corrected chi connectivity index (χ3v) is 6.29. The molecule has 2 N–H and O–H groups in total. The highest BCUT2D eigenvalue weighted by Crippen LogP contribution is 2.18. The van der Waals surface area contributed by atoms with Crippen LogP contribution in [0.15, 0.2) is 43.0 Å². The molecule has 0 fully saturated rings. The maximum Gasteiger partial charge on any atom is 0.122 e. The Bertz CT molecular complexity index is 924. The molecule has 0 saturated heterocycles. The van der Waals surface area contributed by atoms with Crippen LogP contribution in [0, 0.1) is 6.42 Å². The van der Waals surface area contributed by atoms with E-state index in [2.05, 4.69) is 68.2 Å².